The third-order valence-corrected chi connectivity index (χ3v) is 1.83. The van der Waals surface area contributed by atoms with Crippen molar-refractivity contribution in [3.8, 4) is 6.07 Å². The van der Waals surface area contributed by atoms with E-state index in [1.807, 2.05) is 13.8 Å². The number of ether oxygens (including phenoxy) is 1. The summed E-state index contributed by atoms with van der Waals surface area (Å²) in [6.45, 7) is 10.2. The van der Waals surface area contributed by atoms with Gasteiger partial charge in [0.1, 0.15) is 0 Å². The lowest BCUT2D eigenvalue weighted by atomic mass is 10.3. The Hall–Kier alpha value is -0.590. The Morgan fingerprint density at radius 2 is 1.92 bits per heavy atom. The molecule has 3 heteroatoms. The Labute approximate surface area is 81.3 Å². The summed E-state index contributed by atoms with van der Waals surface area (Å²) in [5.41, 5.74) is 0. The minimum atomic E-state index is 0.274. The summed E-state index contributed by atoms with van der Waals surface area (Å²) in [4.78, 5) is 2.10. The van der Waals surface area contributed by atoms with Crippen LogP contribution >= 0.6 is 0 Å². The predicted molar refractivity (Wildman–Crippen MR) is 53.4 cm³/mol. The van der Waals surface area contributed by atoms with Gasteiger partial charge in [-0.25, -0.2) is 0 Å². The Morgan fingerprint density at radius 3 is 2.31 bits per heavy atom. The second-order valence-electron chi connectivity index (χ2n) is 3.64. The van der Waals surface area contributed by atoms with E-state index in [-0.39, 0.29) is 6.10 Å². The highest BCUT2D eigenvalue weighted by Gasteiger charge is 2.08. The van der Waals surface area contributed by atoms with Gasteiger partial charge in [0.25, 0.3) is 0 Å². The van der Waals surface area contributed by atoms with Gasteiger partial charge in [-0.05, 0) is 27.7 Å². The predicted octanol–water partition coefficient (Wildman–Crippen LogP) is 1.65. The molecule has 0 saturated heterocycles. The van der Waals surface area contributed by atoms with Crippen LogP contribution in [0.5, 0.6) is 0 Å². The molecule has 0 aliphatic carbocycles. The van der Waals surface area contributed by atoms with Crippen LogP contribution < -0.4 is 0 Å². The molecule has 76 valence electrons. The van der Waals surface area contributed by atoms with Gasteiger partial charge >= 0.3 is 0 Å². The quantitative estimate of drug-likeness (QED) is 0.589. The molecule has 0 atom stereocenters. The maximum absolute atomic E-state index is 8.56. The molecule has 0 heterocycles. The zero-order valence-electron chi connectivity index (χ0n) is 9.08. The van der Waals surface area contributed by atoms with Gasteiger partial charge < -0.3 is 4.74 Å². The molecule has 0 aliphatic rings. The Bertz CT molecular complexity index is 161. The zero-order valence-corrected chi connectivity index (χ0v) is 9.08. The van der Waals surface area contributed by atoms with Gasteiger partial charge in [0.05, 0.1) is 25.3 Å². The normalized spacial score (nSPS) is 11.2. The molecule has 0 saturated carbocycles. The summed E-state index contributed by atoms with van der Waals surface area (Å²) < 4.78 is 5.42. The molecule has 0 unspecified atom stereocenters. The van der Waals surface area contributed by atoms with Crippen LogP contribution in [0, 0.1) is 11.3 Å². The first-order valence-corrected chi connectivity index (χ1v) is 4.80. The van der Waals surface area contributed by atoms with Crippen molar-refractivity contribution in [2.45, 2.75) is 39.8 Å². The van der Waals surface area contributed by atoms with Gasteiger partial charge in [0.15, 0.2) is 0 Å². The van der Waals surface area contributed by atoms with Crippen molar-refractivity contribution < 1.29 is 4.74 Å². The first-order valence-electron chi connectivity index (χ1n) is 4.80. The summed E-state index contributed by atoms with van der Waals surface area (Å²) in [7, 11) is 0. The van der Waals surface area contributed by atoms with Gasteiger partial charge in [0.2, 0.25) is 0 Å². The van der Waals surface area contributed by atoms with E-state index in [1.54, 1.807) is 0 Å². The minimum Gasteiger partial charge on any atom is -0.377 e. The zero-order chi connectivity index (χ0) is 10.3. The number of rotatable bonds is 6. The van der Waals surface area contributed by atoms with Gasteiger partial charge in [-0.3, -0.25) is 4.90 Å². The van der Waals surface area contributed by atoms with Crippen LogP contribution in [0.2, 0.25) is 0 Å². The van der Waals surface area contributed by atoms with Crippen LogP contribution in [0.25, 0.3) is 0 Å². The van der Waals surface area contributed by atoms with E-state index in [0.717, 1.165) is 6.54 Å². The molecule has 0 rings (SSSR count). The first-order chi connectivity index (χ1) is 6.07. The standard InChI is InChI=1S/C10H20N2O/c1-9(2)12(6-5-11)7-8-13-10(3)4/h9-10H,6-8H2,1-4H3. The maximum Gasteiger partial charge on any atom is 0.0868 e. The molecule has 0 aromatic heterocycles. The average Bonchev–Trinajstić information content (AvgIpc) is 2.02. The lowest BCUT2D eigenvalue weighted by molar-refractivity contribution is 0.0557. The highest BCUT2D eigenvalue weighted by Crippen LogP contribution is 1.97. The van der Waals surface area contributed by atoms with Crippen LogP contribution in [0.4, 0.5) is 0 Å². The number of nitriles is 1. The number of hydrogen-bond donors (Lipinski definition) is 0. The smallest absolute Gasteiger partial charge is 0.0868 e. The molecule has 13 heavy (non-hydrogen) atoms. The lowest BCUT2D eigenvalue weighted by Gasteiger charge is -2.23. The summed E-state index contributed by atoms with van der Waals surface area (Å²) in [6.07, 6.45) is 0.274. The molecule has 0 bridgehead atoms. The van der Waals surface area contributed by atoms with Crippen molar-refractivity contribution in [3.63, 3.8) is 0 Å². The SMILES string of the molecule is CC(C)OCCN(CC#N)C(C)C. The molecule has 0 aromatic rings. The second kappa shape index (κ2) is 6.88. The molecular formula is C10H20N2O. The Balaban J connectivity index is 3.64. The highest BCUT2D eigenvalue weighted by atomic mass is 16.5. The summed E-state index contributed by atoms with van der Waals surface area (Å²) >= 11 is 0. The monoisotopic (exact) mass is 184 g/mol. The second-order valence-corrected chi connectivity index (χ2v) is 3.64. The lowest BCUT2D eigenvalue weighted by Crippen LogP contribution is -2.34. The largest absolute Gasteiger partial charge is 0.377 e. The van der Waals surface area contributed by atoms with Crippen molar-refractivity contribution >= 4 is 0 Å². The van der Waals surface area contributed by atoms with Crippen molar-refractivity contribution in [2.24, 2.45) is 0 Å². The topological polar surface area (TPSA) is 36.3 Å². The van der Waals surface area contributed by atoms with Crippen molar-refractivity contribution in [1.29, 1.82) is 5.26 Å². The van der Waals surface area contributed by atoms with Crippen LogP contribution in [-0.4, -0.2) is 36.7 Å². The molecule has 3 nitrogen and oxygen atoms in total. The van der Waals surface area contributed by atoms with E-state index in [1.165, 1.54) is 0 Å². The Kier molecular flexibility index (Phi) is 6.56. The van der Waals surface area contributed by atoms with E-state index >= 15 is 0 Å². The van der Waals surface area contributed by atoms with Gasteiger partial charge in [-0.15, -0.1) is 0 Å². The number of hydrogen-bond acceptors (Lipinski definition) is 3. The van der Waals surface area contributed by atoms with E-state index in [9.17, 15) is 0 Å². The van der Waals surface area contributed by atoms with E-state index in [0.29, 0.717) is 19.2 Å². The van der Waals surface area contributed by atoms with Crippen LogP contribution in [0.1, 0.15) is 27.7 Å². The van der Waals surface area contributed by atoms with Crippen LogP contribution in [-0.2, 0) is 4.74 Å². The first kappa shape index (κ1) is 12.4. The van der Waals surface area contributed by atoms with Gasteiger partial charge in [-0.1, -0.05) is 0 Å². The Morgan fingerprint density at radius 1 is 1.31 bits per heavy atom. The molecular weight excluding hydrogens is 164 g/mol. The third-order valence-electron chi connectivity index (χ3n) is 1.83. The number of nitrogens with zero attached hydrogens (tertiary/aromatic N) is 2. The van der Waals surface area contributed by atoms with Gasteiger partial charge in [0, 0.05) is 12.6 Å². The molecule has 0 N–H and O–H groups in total. The molecule has 0 fully saturated rings. The molecule has 0 aliphatic heterocycles. The highest BCUT2D eigenvalue weighted by molar-refractivity contribution is 4.78. The van der Waals surface area contributed by atoms with Crippen molar-refractivity contribution in [2.75, 3.05) is 19.7 Å². The van der Waals surface area contributed by atoms with E-state index in [4.69, 9.17) is 10.00 Å². The molecule has 0 radical (unpaired) electrons. The summed E-state index contributed by atoms with van der Waals surface area (Å²) in [6, 6.07) is 2.57. The average molecular weight is 184 g/mol. The van der Waals surface area contributed by atoms with Gasteiger partial charge in [-0.2, -0.15) is 5.26 Å². The third kappa shape index (κ3) is 6.56. The summed E-state index contributed by atoms with van der Waals surface area (Å²) in [5, 5.41) is 8.56. The molecule has 0 amide bonds. The minimum absolute atomic E-state index is 0.274. The van der Waals surface area contributed by atoms with Crippen LogP contribution in [0.3, 0.4) is 0 Å². The van der Waals surface area contributed by atoms with Crippen molar-refractivity contribution in [3.05, 3.63) is 0 Å². The van der Waals surface area contributed by atoms with E-state index < -0.39 is 0 Å². The van der Waals surface area contributed by atoms with Crippen LogP contribution in [0.15, 0.2) is 0 Å². The fraction of sp³-hybridized carbons (Fsp3) is 0.900. The molecule has 0 aromatic carbocycles. The van der Waals surface area contributed by atoms with Crippen molar-refractivity contribution in [1.82, 2.24) is 4.90 Å². The van der Waals surface area contributed by atoms with E-state index in [2.05, 4.69) is 24.8 Å². The maximum atomic E-state index is 8.56. The fourth-order valence-corrected chi connectivity index (χ4v) is 1.02. The fourth-order valence-electron chi connectivity index (χ4n) is 1.02. The molecule has 0 spiro atoms. The summed E-state index contributed by atoms with van der Waals surface area (Å²) in [5.74, 6) is 0.